The highest BCUT2D eigenvalue weighted by Crippen LogP contribution is 2.36. The minimum absolute atomic E-state index is 0.0182. The van der Waals surface area contributed by atoms with Gasteiger partial charge in [-0.1, -0.05) is 12.1 Å². The van der Waals surface area contributed by atoms with Crippen LogP contribution in [0, 0.1) is 13.8 Å². The van der Waals surface area contributed by atoms with E-state index in [1.807, 2.05) is 32.0 Å². The Morgan fingerprint density at radius 1 is 1.03 bits per heavy atom. The van der Waals surface area contributed by atoms with Crippen molar-refractivity contribution >= 4 is 12.0 Å². The van der Waals surface area contributed by atoms with Gasteiger partial charge in [-0.05, 0) is 61.7 Å². The third-order valence-electron chi connectivity index (χ3n) is 5.67. The number of hydrogen-bond donors (Lipinski definition) is 1. The summed E-state index contributed by atoms with van der Waals surface area (Å²) in [5.41, 5.74) is 3.62. The molecule has 1 unspecified atom stereocenters. The lowest BCUT2D eigenvalue weighted by Gasteiger charge is -2.34. The Balaban J connectivity index is 2.06. The van der Waals surface area contributed by atoms with Gasteiger partial charge in [0.2, 0.25) is 0 Å². The van der Waals surface area contributed by atoms with E-state index in [1.54, 1.807) is 39.3 Å². The molecule has 1 atom stereocenters. The topological polar surface area (TPSA) is 86.3 Å². The fourth-order valence-corrected chi connectivity index (χ4v) is 3.62. The summed E-state index contributed by atoms with van der Waals surface area (Å²) in [5, 5.41) is 2.88. The zero-order chi connectivity index (χ0) is 24.1. The van der Waals surface area contributed by atoms with E-state index >= 15 is 0 Å². The third-order valence-corrected chi connectivity index (χ3v) is 5.67. The molecule has 3 rings (SSSR count). The maximum atomic E-state index is 13.1. The first-order valence-corrected chi connectivity index (χ1v) is 10.7. The van der Waals surface area contributed by atoms with Crippen molar-refractivity contribution in [3.8, 4) is 17.2 Å². The Bertz CT molecular complexity index is 1080. The molecule has 0 spiro atoms. The van der Waals surface area contributed by atoms with Crippen LogP contribution in [0.1, 0.15) is 29.7 Å². The standard InChI is InChI=1S/C25H30N2O6/c1-7-32-24(28)22-19(14-33-18-10-8-15(2)16(3)12-18)27(4)25(29)26-23(22)17-9-11-20(30-5)21(13-17)31-6/h8-13,23H,7,14H2,1-6H3,(H,26,29). The molecule has 0 aromatic heterocycles. The predicted molar refractivity (Wildman–Crippen MR) is 124 cm³/mol. The fraction of sp³-hybridized carbons (Fsp3) is 0.360. The number of nitrogens with one attached hydrogen (secondary N) is 1. The van der Waals surface area contributed by atoms with Crippen LogP contribution in [0.5, 0.6) is 17.2 Å². The van der Waals surface area contributed by atoms with Crippen LogP contribution in [0.3, 0.4) is 0 Å². The number of carbonyl (C=O) groups is 2. The zero-order valence-corrected chi connectivity index (χ0v) is 19.9. The summed E-state index contributed by atoms with van der Waals surface area (Å²) in [5.74, 6) is 1.15. The number of nitrogens with zero attached hydrogens (tertiary/aromatic N) is 1. The molecule has 0 bridgehead atoms. The second kappa shape index (κ2) is 10.3. The SMILES string of the molecule is CCOC(=O)C1=C(COc2ccc(C)c(C)c2)N(C)C(=O)NC1c1ccc(OC)c(OC)c1. The van der Waals surface area contributed by atoms with Crippen LogP contribution in [0.15, 0.2) is 47.7 Å². The number of methoxy groups -OCH3 is 2. The molecular weight excluding hydrogens is 424 g/mol. The van der Waals surface area contributed by atoms with Gasteiger partial charge in [0.1, 0.15) is 12.4 Å². The summed E-state index contributed by atoms with van der Waals surface area (Å²) in [6, 6.07) is 9.89. The van der Waals surface area contributed by atoms with E-state index in [1.165, 1.54) is 12.0 Å². The molecule has 1 heterocycles. The average Bonchev–Trinajstić information content (AvgIpc) is 2.81. The van der Waals surface area contributed by atoms with Crippen molar-refractivity contribution in [2.24, 2.45) is 0 Å². The molecule has 1 N–H and O–H groups in total. The number of esters is 1. The van der Waals surface area contributed by atoms with Gasteiger partial charge >= 0.3 is 12.0 Å². The zero-order valence-electron chi connectivity index (χ0n) is 19.9. The van der Waals surface area contributed by atoms with E-state index in [9.17, 15) is 9.59 Å². The van der Waals surface area contributed by atoms with Gasteiger partial charge in [-0.3, -0.25) is 4.90 Å². The number of ether oxygens (including phenoxy) is 4. The molecule has 0 saturated heterocycles. The Morgan fingerprint density at radius 3 is 2.39 bits per heavy atom. The number of aryl methyl sites for hydroxylation is 2. The van der Waals surface area contributed by atoms with E-state index in [2.05, 4.69) is 5.32 Å². The van der Waals surface area contributed by atoms with Crippen LogP contribution in [0.2, 0.25) is 0 Å². The molecule has 8 heteroatoms. The minimum Gasteiger partial charge on any atom is -0.493 e. The van der Waals surface area contributed by atoms with E-state index in [4.69, 9.17) is 18.9 Å². The summed E-state index contributed by atoms with van der Waals surface area (Å²) in [6.07, 6.45) is 0. The summed E-state index contributed by atoms with van der Waals surface area (Å²) in [6.45, 7) is 5.97. The Kier molecular flexibility index (Phi) is 7.48. The Hall–Kier alpha value is -3.68. The number of rotatable bonds is 8. The molecule has 0 fully saturated rings. The van der Waals surface area contributed by atoms with Crippen molar-refractivity contribution in [3.05, 3.63) is 64.4 Å². The van der Waals surface area contributed by atoms with E-state index in [0.717, 1.165) is 11.1 Å². The van der Waals surface area contributed by atoms with Gasteiger partial charge in [-0.2, -0.15) is 0 Å². The van der Waals surface area contributed by atoms with Crippen LogP contribution in [-0.4, -0.2) is 51.4 Å². The smallest absolute Gasteiger partial charge is 0.338 e. The molecule has 2 aromatic rings. The van der Waals surface area contributed by atoms with Crippen LogP contribution >= 0.6 is 0 Å². The van der Waals surface area contributed by atoms with Crippen molar-refractivity contribution in [2.45, 2.75) is 26.8 Å². The number of hydrogen-bond acceptors (Lipinski definition) is 6. The molecule has 2 amide bonds. The van der Waals surface area contributed by atoms with Gasteiger partial charge in [0.05, 0.1) is 38.1 Å². The molecule has 1 aliphatic heterocycles. The van der Waals surface area contributed by atoms with Crippen molar-refractivity contribution in [1.29, 1.82) is 0 Å². The number of amides is 2. The Labute approximate surface area is 194 Å². The van der Waals surface area contributed by atoms with Crippen molar-refractivity contribution in [1.82, 2.24) is 10.2 Å². The molecule has 0 radical (unpaired) electrons. The number of urea groups is 1. The maximum Gasteiger partial charge on any atom is 0.338 e. The Morgan fingerprint density at radius 2 is 1.76 bits per heavy atom. The first-order valence-electron chi connectivity index (χ1n) is 10.7. The molecule has 0 aliphatic carbocycles. The lowest BCUT2D eigenvalue weighted by Crippen LogP contribution is -2.48. The first-order chi connectivity index (χ1) is 15.8. The van der Waals surface area contributed by atoms with Gasteiger partial charge in [0, 0.05) is 7.05 Å². The molecular formula is C25H30N2O6. The lowest BCUT2D eigenvalue weighted by atomic mass is 9.94. The van der Waals surface area contributed by atoms with E-state index in [-0.39, 0.29) is 19.2 Å². The largest absolute Gasteiger partial charge is 0.493 e. The average molecular weight is 455 g/mol. The van der Waals surface area contributed by atoms with E-state index in [0.29, 0.717) is 34.1 Å². The molecule has 176 valence electrons. The highest BCUT2D eigenvalue weighted by atomic mass is 16.5. The molecule has 8 nitrogen and oxygen atoms in total. The van der Waals surface area contributed by atoms with Crippen molar-refractivity contribution in [3.63, 3.8) is 0 Å². The highest BCUT2D eigenvalue weighted by Gasteiger charge is 2.37. The normalized spacial score (nSPS) is 15.8. The van der Waals surface area contributed by atoms with Gasteiger partial charge in [-0.25, -0.2) is 9.59 Å². The van der Waals surface area contributed by atoms with Gasteiger partial charge in [0.15, 0.2) is 11.5 Å². The molecule has 1 aliphatic rings. The summed E-state index contributed by atoms with van der Waals surface area (Å²) >= 11 is 0. The third kappa shape index (κ3) is 5.05. The van der Waals surface area contributed by atoms with Crippen molar-refractivity contribution < 1.29 is 28.5 Å². The number of likely N-dealkylation sites (N-methyl/N-ethyl adjacent to an activating group) is 1. The van der Waals surface area contributed by atoms with Gasteiger partial charge in [0.25, 0.3) is 0 Å². The van der Waals surface area contributed by atoms with Crippen LogP contribution in [0.4, 0.5) is 4.79 Å². The van der Waals surface area contributed by atoms with Crippen molar-refractivity contribution in [2.75, 3.05) is 34.5 Å². The quantitative estimate of drug-likeness (QED) is 0.609. The minimum atomic E-state index is -0.745. The predicted octanol–water partition coefficient (Wildman–Crippen LogP) is 3.91. The van der Waals surface area contributed by atoms with Gasteiger partial charge in [-0.15, -0.1) is 0 Å². The second-order valence-electron chi connectivity index (χ2n) is 7.67. The summed E-state index contributed by atoms with van der Waals surface area (Å²) in [4.78, 5) is 27.3. The molecule has 0 saturated carbocycles. The van der Waals surface area contributed by atoms with Crippen LogP contribution in [-0.2, 0) is 9.53 Å². The summed E-state index contributed by atoms with van der Waals surface area (Å²) < 4.78 is 22.1. The van der Waals surface area contributed by atoms with Crippen LogP contribution < -0.4 is 19.5 Å². The second-order valence-corrected chi connectivity index (χ2v) is 7.67. The lowest BCUT2D eigenvalue weighted by molar-refractivity contribution is -0.139. The van der Waals surface area contributed by atoms with Crippen LogP contribution in [0.25, 0.3) is 0 Å². The highest BCUT2D eigenvalue weighted by molar-refractivity contribution is 5.95. The number of carbonyl (C=O) groups excluding carboxylic acids is 2. The molecule has 33 heavy (non-hydrogen) atoms. The first kappa shape index (κ1) is 24.0. The monoisotopic (exact) mass is 454 g/mol. The number of benzene rings is 2. The van der Waals surface area contributed by atoms with Gasteiger partial charge < -0.3 is 24.3 Å². The maximum absolute atomic E-state index is 13.1. The van der Waals surface area contributed by atoms with E-state index < -0.39 is 12.0 Å². The fourth-order valence-electron chi connectivity index (χ4n) is 3.62. The molecule has 2 aromatic carbocycles. The summed E-state index contributed by atoms with van der Waals surface area (Å²) in [7, 11) is 4.67.